The molecular weight excluding hydrogens is 464 g/mol. The molecule has 0 radical (unpaired) electrons. The number of aromatic nitrogens is 3. The van der Waals surface area contributed by atoms with E-state index in [0.717, 1.165) is 45.6 Å². The Morgan fingerprint density at radius 3 is 2.43 bits per heavy atom. The molecule has 0 unspecified atom stereocenters. The highest BCUT2D eigenvalue weighted by Gasteiger charge is 2.24. The predicted octanol–water partition coefficient (Wildman–Crippen LogP) is 4.82. The van der Waals surface area contributed by atoms with Gasteiger partial charge < -0.3 is 15.7 Å². The number of amides is 1. The third-order valence-electron chi connectivity index (χ3n) is 6.34. The van der Waals surface area contributed by atoms with Crippen LogP contribution in [-0.2, 0) is 18.4 Å². The highest BCUT2D eigenvalue weighted by molar-refractivity contribution is 6.12. The van der Waals surface area contributed by atoms with Crippen LogP contribution in [0.25, 0.3) is 11.1 Å². The summed E-state index contributed by atoms with van der Waals surface area (Å²) >= 11 is 0. The van der Waals surface area contributed by atoms with Crippen LogP contribution >= 0.6 is 0 Å². The van der Waals surface area contributed by atoms with Gasteiger partial charge in [0.15, 0.2) is 0 Å². The molecule has 0 aliphatic rings. The minimum Gasteiger partial charge on any atom is -0.345 e. The van der Waals surface area contributed by atoms with E-state index >= 15 is 0 Å². The molecule has 192 valence electrons. The molecule has 0 saturated carbocycles. The number of hydrogen-bond acceptors (Lipinski definition) is 6. The van der Waals surface area contributed by atoms with Crippen LogP contribution in [0.15, 0.2) is 64.2 Å². The van der Waals surface area contributed by atoms with Crippen molar-refractivity contribution in [3.63, 3.8) is 0 Å². The van der Waals surface area contributed by atoms with Gasteiger partial charge in [-0.2, -0.15) is 4.98 Å². The number of rotatable bonds is 7. The van der Waals surface area contributed by atoms with Crippen molar-refractivity contribution >= 4 is 11.6 Å². The first-order chi connectivity index (χ1) is 17.6. The van der Waals surface area contributed by atoms with E-state index in [0.29, 0.717) is 12.4 Å². The van der Waals surface area contributed by atoms with Gasteiger partial charge in [0.05, 0.1) is 11.4 Å². The number of carbonyl (C=O) groups is 1. The molecule has 8 nitrogen and oxygen atoms in total. The standard InChI is InChI=1S/C29H34N6O2/c1-7-19-8-10-20(11-9-19)23-15-24(35(30)17-23)25(31-6)21-12-13-22(18(2)14-21)16-32-27(36)26-33-28(37-34-26)29(3,4)5/h8-15,17H,7,16,30H2,1-6H3,(H,32,36). The molecule has 2 heterocycles. The van der Waals surface area contributed by atoms with Gasteiger partial charge in [0, 0.05) is 36.3 Å². The van der Waals surface area contributed by atoms with Crippen molar-refractivity contribution in [3.05, 3.63) is 94.4 Å². The van der Waals surface area contributed by atoms with Crippen LogP contribution in [0, 0.1) is 6.92 Å². The second kappa shape index (κ2) is 10.4. The summed E-state index contributed by atoms with van der Waals surface area (Å²) in [5.41, 5.74) is 7.68. The zero-order chi connectivity index (χ0) is 26.7. The molecule has 3 N–H and O–H groups in total. The highest BCUT2D eigenvalue weighted by atomic mass is 16.5. The Labute approximate surface area is 217 Å². The maximum atomic E-state index is 12.5. The van der Waals surface area contributed by atoms with E-state index < -0.39 is 0 Å². The minimum absolute atomic E-state index is 0.0310. The smallest absolute Gasteiger partial charge is 0.292 e. The first-order valence-corrected chi connectivity index (χ1v) is 12.4. The van der Waals surface area contributed by atoms with Gasteiger partial charge in [-0.1, -0.05) is 69.2 Å². The van der Waals surface area contributed by atoms with Gasteiger partial charge in [-0.3, -0.25) is 14.5 Å². The van der Waals surface area contributed by atoms with Crippen molar-refractivity contribution < 1.29 is 9.32 Å². The SMILES string of the molecule is CCc1ccc(-c2cc(C(=NC)c3ccc(CNC(=O)c4noc(C(C)(C)C)n4)c(C)c3)n(N)c2)cc1. The summed E-state index contributed by atoms with van der Waals surface area (Å²) in [7, 11) is 1.76. The quantitative estimate of drug-likeness (QED) is 0.280. The van der Waals surface area contributed by atoms with Crippen LogP contribution in [0.5, 0.6) is 0 Å². The van der Waals surface area contributed by atoms with E-state index in [1.165, 1.54) is 5.56 Å². The van der Waals surface area contributed by atoms with Gasteiger partial charge in [0.2, 0.25) is 5.89 Å². The number of nitrogens with one attached hydrogen (secondary N) is 1. The first kappa shape index (κ1) is 25.9. The molecule has 0 fully saturated rings. The highest BCUT2D eigenvalue weighted by Crippen LogP contribution is 2.25. The normalized spacial score (nSPS) is 12.1. The molecule has 4 aromatic rings. The number of hydrogen-bond donors (Lipinski definition) is 2. The van der Waals surface area contributed by atoms with Crippen LogP contribution in [-0.4, -0.2) is 33.5 Å². The lowest BCUT2D eigenvalue weighted by Gasteiger charge is -2.12. The fourth-order valence-electron chi connectivity index (χ4n) is 4.07. The predicted molar refractivity (Wildman–Crippen MR) is 146 cm³/mol. The maximum Gasteiger partial charge on any atom is 0.292 e. The van der Waals surface area contributed by atoms with Crippen LogP contribution in [0.4, 0.5) is 0 Å². The number of carbonyl (C=O) groups excluding carboxylic acids is 1. The van der Waals surface area contributed by atoms with Crippen molar-refractivity contribution in [1.29, 1.82) is 0 Å². The lowest BCUT2D eigenvalue weighted by molar-refractivity contribution is 0.0937. The topological polar surface area (TPSA) is 111 Å². The molecule has 0 atom stereocenters. The average Bonchev–Trinajstić information content (AvgIpc) is 3.52. The zero-order valence-electron chi connectivity index (χ0n) is 22.3. The van der Waals surface area contributed by atoms with Crippen LogP contribution in [0.1, 0.15) is 72.2 Å². The van der Waals surface area contributed by atoms with E-state index in [4.69, 9.17) is 10.4 Å². The summed E-state index contributed by atoms with van der Waals surface area (Å²) in [6.07, 6.45) is 2.92. The molecular formula is C29H34N6O2. The van der Waals surface area contributed by atoms with E-state index in [2.05, 4.69) is 63.8 Å². The Morgan fingerprint density at radius 1 is 1.11 bits per heavy atom. The van der Waals surface area contributed by atoms with Crippen molar-refractivity contribution in [2.75, 3.05) is 12.9 Å². The second-order valence-corrected chi connectivity index (χ2v) is 10.1. The van der Waals surface area contributed by atoms with E-state index in [1.807, 2.05) is 46.0 Å². The van der Waals surface area contributed by atoms with Crippen LogP contribution in [0.2, 0.25) is 0 Å². The lowest BCUT2D eigenvalue weighted by Crippen LogP contribution is -2.25. The van der Waals surface area contributed by atoms with Crippen LogP contribution in [0.3, 0.4) is 0 Å². The molecule has 2 aromatic heterocycles. The number of benzene rings is 2. The summed E-state index contributed by atoms with van der Waals surface area (Å²) in [4.78, 5) is 21.3. The van der Waals surface area contributed by atoms with E-state index in [9.17, 15) is 4.79 Å². The lowest BCUT2D eigenvalue weighted by atomic mass is 9.97. The Kier molecular flexibility index (Phi) is 7.29. The average molecular weight is 499 g/mol. The summed E-state index contributed by atoms with van der Waals surface area (Å²) < 4.78 is 6.84. The fourth-order valence-corrected chi connectivity index (χ4v) is 4.07. The molecule has 0 saturated heterocycles. The molecule has 37 heavy (non-hydrogen) atoms. The van der Waals surface area contributed by atoms with Crippen molar-refractivity contribution in [3.8, 4) is 11.1 Å². The first-order valence-electron chi connectivity index (χ1n) is 12.4. The summed E-state index contributed by atoms with van der Waals surface area (Å²) in [5.74, 6) is 6.43. The molecule has 0 aliphatic heterocycles. The van der Waals surface area contributed by atoms with Crippen LogP contribution < -0.4 is 11.2 Å². The Morgan fingerprint density at radius 2 is 1.84 bits per heavy atom. The summed E-state index contributed by atoms with van der Waals surface area (Å²) in [5, 5.41) is 6.69. The van der Waals surface area contributed by atoms with Gasteiger partial charge in [0.25, 0.3) is 11.7 Å². The van der Waals surface area contributed by atoms with Crippen molar-refractivity contribution in [2.45, 2.75) is 53.0 Å². The van der Waals surface area contributed by atoms with Gasteiger partial charge >= 0.3 is 0 Å². The third-order valence-corrected chi connectivity index (χ3v) is 6.34. The Hall–Kier alpha value is -4.20. The van der Waals surface area contributed by atoms with Gasteiger partial charge in [0.1, 0.15) is 0 Å². The van der Waals surface area contributed by atoms with E-state index in [1.54, 1.807) is 11.7 Å². The maximum absolute atomic E-state index is 12.5. The minimum atomic E-state index is -0.376. The molecule has 8 heteroatoms. The Balaban J connectivity index is 1.50. The van der Waals surface area contributed by atoms with Gasteiger partial charge in [-0.25, -0.2) is 0 Å². The van der Waals surface area contributed by atoms with Crippen molar-refractivity contribution in [2.24, 2.45) is 4.99 Å². The third kappa shape index (κ3) is 5.63. The number of nitrogens with two attached hydrogens (primary N) is 1. The fraction of sp³-hybridized carbons (Fsp3) is 0.310. The Bertz CT molecular complexity index is 1440. The number of nitrogens with zero attached hydrogens (tertiary/aromatic N) is 4. The summed E-state index contributed by atoms with van der Waals surface area (Å²) in [6, 6.07) is 16.6. The van der Waals surface area contributed by atoms with Gasteiger partial charge in [-0.05, 0) is 47.7 Å². The summed E-state index contributed by atoms with van der Waals surface area (Å²) in [6.45, 7) is 10.3. The number of aliphatic imine (C=N–C) groups is 1. The van der Waals surface area contributed by atoms with E-state index in [-0.39, 0.29) is 17.1 Å². The number of aryl methyl sites for hydroxylation is 2. The van der Waals surface area contributed by atoms with Crippen molar-refractivity contribution in [1.82, 2.24) is 20.1 Å². The second-order valence-electron chi connectivity index (χ2n) is 10.1. The molecule has 4 rings (SSSR count). The number of nitrogen functional groups attached to an aromatic ring is 1. The molecule has 0 bridgehead atoms. The molecule has 1 amide bonds. The zero-order valence-corrected chi connectivity index (χ0v) is 22.3. The molecule has 0 aliphatic carbocycles. The molecule has 0 spiro atoms. The molecule has 2 aromatic carbocycles. The monoisotopic (exact) mass is 498 g/mol. The largest absolute Gasteiger partial charge is 0.345 e. The van der Waals surface area contributed by atoms with Gasteiger partial charge in [-0.15, -0.1) is 0 Å².